The van der Waals surface area contributed by atoms with Crippen molar-refractivity contribution < 1.29 is 9.47 Å². The summed E-state index contributed by atoms with van der Waals surface area (Å²) >= 11 is 0. The van der Waals surface area contributed by atoms with E-state index in [0.29, 0.717) is 6.04 Å². The molecule has 2 heterocycles. The maximum atomic E-state index is 5.73. The van der Waals surface area contributed by atoms with Crippen molar-refractivity contribution >= 4 is 0 Å². The normalized spacial score (nSPS) is 29.4. The summed E-state index contributed by atoms with van der Waals surface area (Å²) < 4.78 is 11.1. The van der Waals surface area contributed by atoms with Gasteiger partial charge in [-0.25, -0.2) is 0 Å². The standard InChI is InChI=1S/C12H24N2O2/c1-11-2-5-14(6-3-11)10-16-9-12-8-15-7-4-13-12/h11-13H,2-10H2,1H3. The lowest BCUT2D eigenvalue weighted by molar-refractivity contribution is -0.0200. The quantitative estimate of drug-likeness (QED) is 0.767. The van der Waals surface area contributed by atoms with Gasteiger partial charge in [0.2, 0.25) is 0 Å². The molecule has 0 radical (unpaired) electrons. The molecule has 0 aromatic rings. The maximum Gasteiger partial charge on any atom is 0.0991 e. The van der Waals surface area contributed by atoms with Crippen molar-refractivity contribution in [2.45, 2.75) is 25.8 Å². The zero-order chi connectivity index (χ0) is 11.2. The molecular weight excluding hydrogens is 204 g/mol. The molecule has 0 aliphatic carbocycles. The highest BCUT2D eigenvalue weighted by atomic mass is 16.5. The van der Waals surface area contributed by atoms with Crippen molar-refractivity contribution in [1.82, 2.24) is 10.2 Å². The van der Waals surface area contributed by atoms with E-state index in [1.165, 1.54) is 25.9 Å². The topological polar surface area (TPSA) is 33.7 Å². The number of ether oxygens (including phenoxy) is 2. The fraction of sp³-hybridized carbons (Fsp3) is 1.00. The number of nitrogens with one attached hydrogen (secondary N) is 1. The Labute approximate surface area is 98.3 Å². The van der Waals surface area contributed by atoms with Crippen LogP contribution in [0.25, 0.3) is 0 Å². The maximum absolute atomic E-state index is 5.73. The molecule has 0 amide bonds. The van der Waals surface area contributed by atoms with Crippen LogP contribution in [0, 0.1) is 5.92 Å². The predicted molar refractivity (Wildman–Crippen MR) is 63.4 cm³/mol. The minimum atomic E-state index is 0.387. The van der Waals surface area contributed by atoms with E-state index in [1.807, 2.05) is 0 Å². The molecule has 4 nitrogen and oxygen atoms in total. The van der Waals surface area contributed by atoms with Crippen LogP contribution in [0.15, 0.2) is 0 Å². The first-order valence-electron chi connectivity index (χ1n) is 6.46. The number of morpholine rings is 1. The molecule has 0 aromatic heterocycles. The Hall–Kier alpha value is -0.160. The Morgan fingerprint density at radius 3 is 2.88 bits per heavy atom. The molecule has 2 saturated heterocycles. The molecule has 2 aliphatic heterocycles. The van der Waals surface area contributed by atoms with E-state index in [9.17, 15) is 0 Å². The van der Waals surface area contributed by atoms with E-state index >= 15 is 0 Å². The summed E-state index contributed by atoms with van der Waals surface area (Å²) in [6, 6.07) is 0.387. The van der Waals surface area contributed by atoms with Gasteiger partial charge in [0.25, 0.3) is 0 Å². The number of hydrogen-bond donors (Lipinski definition) is 1. The summed E-state index contributed by atoms with van der Waals surface area (Å²) in [5.74, 6) is 0.893. The second-order valence-corrected chi connectivity index (χ2v) is 5.03. The van der Waals surface area contributed by atoms with Crippen LogP contribution in [-0.2, 0) is 9.47 Å². The molecule has 1 unspecified atom stereocenters. The van der Waals surface area contributed by atoms with Crippen LogP contribution in [0.4, 0.5) is 0 Å². The van der Waals surface area contributed by atoms with Gasteiger partial charge in [0, 0.05) is 19.6 Å². The average molecular weight is 228 g/mol. The first-order chi connectivity index (χ1) is 7.84. The first-order valence-corrected chi connectivity index (χ1v) is 6.46. The minimum absolute atomic E-state index is 0.387. The Morgan fingerprint density at radius 1 is 1.38 bits per heavy atom. The molecule has 2 aliphatic rings. The Morgan fingerprint density at radius 2 is 2.19 bits per heavy atom. The van der Waals surface area contributed by atoms with Gasteiger partial charge in [-0.3, -0.25) is 4.90 Å². The molecule has 2 rings (SSSR count). The molecule has 94 valence electrons. The van der Waals surface area contributed by atoms with Crippen molar-refractivity contribution in [2.75, 3.05) is 46.2 Å². The number of piperidine rings is 1. The van der Waals surface area contributed by atoms with Crippen LogP contribution >= 0.6 is 0 Å². The smallest absolute Gasteiger partial charge is 0.0991 e. The lowest BCUT2D eigenvalue weighted by atomic mass is 10.00. The van der Waals surface area contributed by atoms with Gasteiger partial charge in [-0.05, 0) is 18.8 Å². The zero-order valence-electron chi connectivity index (χ0n) is 10.3. The van der Waals surface area contributed by atoms with Crippen molar-refractivity contribution in [3.8, 4) is 0 Å². The largest absolute Gasteiger partial charge is 0.378 e. The van der Waals surface area contributed by atoms with Gasteiger partial charge in [-0.2, -0.15) is 0 Å². The first kappa shape index (κ1) is 12.3. The Kier molecular flexibility index (Phi) is 5.03. The fourth-order valence-corrected chi connectivity index (χ4v) is 2.24. The Balaban J connectivity index is 1.53. The second kappa shape index (κ2) is 6.55. The summed E-state index contributed by atoms with van der Waals surface area (Å²) in [6.45, 7) is 8.84. The summed E-state index contributed by atoms with van der Waals surface area (Å²) in [4.78, 5) is 2.41. The second-order valence-electron chi connectivity index (χ2n) is 5.03. The summed E-state index contributed by atoms with van der Waals surface area (Å²) in [5.41, 5.74) is 0. The molecule has 0 bridgehead atoms. The van der Waals surface area contributed by atoms with Gasteiger partial charge in [-0.15, -0.1) is 0 Å². The highest BCUT2D eigenvalue weighted by Gasteiger charge is 2.17. The zero-order valence-corrected chi connectivity index (χ0v) is 10.3. The van der Waals surface area contributed by atoms with E-state index in [2.05, 4.69) is 17.1 Å². The number of rotatable bonds is 4. The molecule has 0 spiro atoms. The number of nitrogens with zero attached hydrogens (tertiary/aromatic N) is 1. The predicted octanol–water partition coefficient (Wildman–Crippen LogP) is 0.681. The molecule has 2 fully saturated rings. The third-order valence-electron chi connectivity index (χ3n) is 3.47. The lowest BCUT2D eigenvalue weighted by Crippen LogP contribution is -2.45. The van der Waals surface area contributed by atoms with E-state index in [-0.39, 0.29) is 0 Å². The van der Waals surface area contributed by atoms with Gasteiger partial charge in [-0.1, -0.05) is 6.92 Å². The third-order valence-corrected chi connectivity index (χ3v) is 3.47. The molecule has 1 atom stereocenters. The van der Waals surface area contributed by atoms with Crippen molar-refractivity contribution in [3.63, 3.8) is 0 Å². The van der Waals surface area contributed by atoms with Crippen molar-refractivity contribution in [3.05, 3.63) is 0 Å². The van der Waals surface area contributed by atoms with Gasteiger partial charge in [0.15, 0.2) is 0 Å². The molecule has 0 saturated carbocycles. The molecule has 4 heteroatoms. The molecule has 16 heavy (non-hydrogen) atoms. The molecule has 0 aromatic carbocycles. The van der Waals surface area contributed by atoms with Crippen LogP contribution in [0.3, 0.4) is 0 Å². The van der Waals surface area contributed by atoms with E-state index < -0.39 is 0 Å². The molecular formula is C12H24N2O2. The van der Waals surface area contributed by atoms with E-state index in [1.54, 1.807) is 0 Å². The van der Waals surface area contributed by atoms with Crippen LogP contribution < -0.4 is 5.32 Å². The monoisotopic (exact) mass is 228 g/mol. The van der Waals surface area contributed by atoms with Gasteiger partial charge < -0.3 is 14.8 Å². The van der Waals surface area contributed by atoms with E-state index in [0.717, 1.165) is 39.0 Å². The van der Waals surface area contributed by atoms with Crippen LogP contribution in [0.1, 0.15) is 19.8 Å². The highest BCUT2D eigenvalue weighted by Crippen LogP contribution is 2.15. The highest BCUT2D eigenvalue weighted by molar-refractivity contribution is 4.70. The van der Waals surface area contributed by atoms with Crippen LogP contribution in [-0.4, -0.2) is 57.1 Å². The summed E-state index contributed by atoms with van der Waals surface area (Å²) in [6.07, 6.45) is 2.63. The van der Waals surface area contributed by atoms with Gasteiger partial charge in [0.1, 0.15) is 0 Å². The van der Waals surface area contributed by atoms with Crippen LogP contribution in [0.2, 0.25) is 0 Å². The minimum Gasteiger partial charge on any atom is -0.378 e. The third kappa shape index (κ3) is 4.01. The van der Waals surface area contributed by atoms with Gasteiger partial charge >= 0.3 is 0 Å². The van der Waals surface area contributed by atoms with Gasteiger partial charge in [0.05, 0.1) is 32.6 Å². The average Bonchev–Trinajstić information content (AvgIpc) is 2.33. The Bertz CT molecular complexity index is 187. The summed E-state index contributed by atoms with van der Waals surface area (Å²) in [5, 5.41) is 3.40. The SMILES string of the molecule is CC1CCN(COCC2COCCN2)CC1. The van der Waals surface area contributed by atoms with Crippen molar-refractivity contribution in [1.29, 1.82) is 0 Å². The number of likely N-dealkylation sites (tertiary alicyclic amines) is 1. The number of hydrogen-bond acceptors (Lipinski definition) is 4. The van der Waals surface area contributed by atoms with E-state index in [4.69, 9.17) is 9.47 Å². The fourth-order valence-electron chi connectivity index (χ4n) is 2.24. The van der Waals surface area contributed by atoms with Crippen LogP contribution in [0.5, 0.6) is 0 Å². The molecule has 1 N–H and O–H groups in total. The summed E-state index contributed by atoms with van der Waals surface area (Å²) in [7, 11) is 0. The lowest BCUT2D eigenvalue weighted by Gasteiger charge is -2.31. The van der Waals surface area contributed by atoms with Crippen molar-refractivity contribution in [2.24, 2.45) is 5.92 Å².